The summed E-state index contributed by atoms with van der Waals surface area (Å²) in [5.74, 6) is -0.303. The Kier molecular flexibility index (Phi) is 2.15. The van der Waals surface area contributed by atoms with E-state index in [9.17, 15) is 4.39 Å². The van der Waals surface area contributed by atoms with Gasteiger partial charge >= 0.3 is 0 Å². The van der Waals surface area contributed by atoms with Gasteiger partial charge in [0.1, 0.15) is 0 Å². The van der Waals surface area contributed by atoms with Crippen molar-refractivity contribution in [2.45, 2.75) is 24.6 Å². The van der Waals surface area contributed by atoms with Crippen molar-refractivity contribution in [1.29, 1.82) is 5.26 Å². The molecule has 0 N–H and O–H groups in total. The minimum Gasteiger partial charge on any atom is -0.328 e. The number of allylic oxidation sites excluding steroid dienone is 4. The number of nitrogens with zero attached hydrogens (tertiary/aromatic N) is 3. The van der Waals surface area contributed by atoms with E-state index < -0.39 is 5.67 Å². The predicted molar refractivity (Wildman–Crippen MR) is 60.8 cm³/mol. The third kappa shape index (κ3) is 1.50. The van der Waals surface area contributed by atoms with E-state index in [0.717, 1.165) is 18.5 Å². The van der Waals surface area contributed by atoms with E-state index in [1.165, 1.54) is 12.2 Å². The Morgan fingerprint density at radius 1 is 1.47 bits per heavy atom. The van der Waals surface area contributed by atoms with Gasteiger partial charge in [0.2, 0.25) is 0 Å². The maximum absolute atomic E-state index is 14.8. The molecule has 86 valence electrons. The van der Waals surface area contributed by atoms with Gasteiger partial charge < -0.3 is 4.57 Å². The highest BCUT2D eigenvalue weighted by Gasteiger charge is 2.40. The van der Waals surface area contributed by atoms with Crippen molar-refractivity contribution in [1.82, 2.24) is 9.55 Å². The second-order valence-corrected chi connectivity index (χ2v) is 4.55. The molecule has 2 aliphatic rings. The summed E-state index contributed by atoms with van der Waals surface area (Å²) in [6.45, 7) is 0. The van der Waals surface area contributed by atoms with Crippen LogP contribution in [0.5, 0.6) is 0 Å². The SMILES string of the molecule is N#CC1C=CC(F)(C2CCc3cncn32)C=C1. The van der Waals surface area contributed by atoms with Gasteiger partial charge in [-0.15, -0.1) is 0 Å². The van der Waals surface area contributed by atoms with Crippen molar-refractivity contribution in [3.05, 3.63) is 42.5 Å². The molecule has 17 heavy (non-hydrogen) atoms. The van der Waals surface area contributed by atoms with E-state index in [2.05, 4.69) is 11.1 Å². The van der Waals surface area contributed by atoms with E-state index in [0.29, 0.717) is 0 Å². The molecule has 4 heteroatoms. The average Bonchev–Trinajstić information content (AvgIpc) is 2.91. The van der Waals surface area contributed by atoms with E-state index in [4.69, 9.17) is 5.26 Å². The molecule has 1 aliphatic carbocycles. The van der Waals surface area contributed by atoms with Gasteiger partial charge in [-0.1, -0.05) is 12.2 Å². The highest BCUT2D eigenvalue weighted by molar-refractivity contribution is 5.30. The molecule has 3 rings (SSSR count). The molecular weight excluding hydrogens is 217 g/mol. The maximum atomic E-state index is 14.8. The number of hydrogen-bond donors (Lipinski definition) is 0. The Labute approximate surface area is 98.9 Å². The van der Waals surface area contributed by atoms with Crippen LogP contribution in [0.1, 0.15) is 18.2 Å². The summed E-state index contributed by atoms with van der Waals surface area (Å²) >= 11 is 0. The zero-order valence-electron chi connectivity index (χ0n) is 9.25. The number of hydrogen-bond acceptors (Lipinski definition) is 2. The molecule has 2 heterocycles. The molecule has 1 aliphatic heterocycles. The van der Waals surface area contributed by atoms with Crippen LogP contribution in [-0.4, -0.2) is 15.2 Å². The fourth-order valence-corrected chi connectivity index (χ4v) is 2.59. The van der Waals surface area contributed by atoms with E-state index >= 15 is 0 Å². The standard InChI is InChI=1S/C13H12FN3/c14-13(5-3-10(7-15)4-6-13)12-2-1-11-8-16-9-17(11)12/h3-6,8-10,12H,1-2H2. The van der Waals surface area contributed by atoms with Gasteiger partial charge in [-0.25, -0.2) is 9.37 Å². The number of imidazole rings is 1. The molecule has 0 spiro atoms. The summed E-state index contributed by atoms with van der Waals surface area (Å²) in [5.41, 5.74) is -0.407. The zero-order valence-corrected chi connectivity index (χ0v) is 9.25. The molecule has 0 bridgehead atoms. The minimum absolute atomic E-state index is 0.229. The van der Waals surface area contributed by atoms with E-state index in [-0.39, 0.29) is 12.0 Å². The number of aryl methyl sites for hydroxylation is 1. The Bertz CT molecular complexity index is 521. The van der Waals surface area contributed by atoms with E-state index in [1.54, 1.807) is 24.7 Å². The molecule has 1 aromatic heterocycles. The smallest absolute Gasteiger partial charge is 0.168 e. The highest BCUT2D eigenvalue weighted by Crippen LogP contribution is 2.40. The average molecular weight is 229 g/mol. The summed E-state index contributed by atoms with van der Waals surface area (Å²) in [6, 6.07) is 1.86. The second-order valence-electron chi connectivity index (χ2n) is 4.55. The lowest BCUT2D eigenvalue weighted by Gasteiger charge is -2.29. The van der Waals surface area contributed by atoms with Crippen LogP contribution in [0, 0.1) is 17.2 Å². The number of fused-ring (bicyclic) bond motifs is 1. The van der Waals surface area contributed by atoms with E-state index in [1.807, 2.05) is 4.57 Å². The molecule has 0 aromatic carbocycles. The molecule has 3 nitrogen and oxygen atoms in total. The molecule has 0 fully saturated rings. The summed E-state index contributed by atoms with van der Waals surface area (Å²) in [6.07, 6.45) is 11.4. The van der Waals surface area contributed by atoms with Crippen molar-refractivity contribution in [3.63, 3.8) is 0 Å². The first-order valence-corrected chi connectivity index (χ1v) is 5.71. The summed E-state index contributed by atoms with van der Waals surface area (Å²) < 4.78 is 16.7. The molecule has 0 radical (unpaired) electrons. The molecule has 0 saturated heterocycles. The van der Waals surface area contributed by atoms with Gasteiger partial charge in [0, 0.05) is 11.9 Å². The van der Waals surface area contributed by atoms with Crippen molar-refractivity contribution < 1.29 is 4.39 Å². The molecular formula is C13H12FN3. The second kappa shape index (κ2) is 3.56. The van der Waals surface area contributed by atoms with Crippen molar-refractivity contribution >= 4 is 0 Å². The lowest BCUT2D eigenvalue weighted by Crippen LogP contribution is -2.31. The van der Waals surface area contributed by atoms with Gasteiger partial charge in [-0.2, -0.15) is 5.26 Å². The minimum atomic E-state index is -1.49. The topological polar surface area (TPSA) is 41.6 Å². The largest absolute Gasteiger partial charge is 0.328 e. The zero-order chi connectivity index (χ0) is 11.9. The van der Waals surface area contributed by atoms with Crippen molar-refractivity contribution in [2.75, 3.05) is 0 Å². The number of alkyl halides is 1. The Morgan fingerprint density at radius 2 is 2.24 bits per heavy atom. The molecule has 1 unspecified atom stereocenters. The summed E-state index contributed by atoms with van der Waals surface area (Å²) in [4.78, 5) is 4.05. The first-order chi connectivity index (χ1) is 8.23. The van der Waals surface area contributed by atoms with Gasteiger partial charge in [0.25, 0.3) is 0 Å². The van der Waals surface area contributed by atoms with Crippen molar-refractivity contribution in [3.8, 4) is 6.07 Å². The Hall–Kier alpha value is -1.89. The number of nitriles is 1. The van der Waals surface area contributed by atoms with Gasteiger partial charge in [-0.3, -0.25) is 0 Å². The third-order valence-corrected chi connectivity index (χ3v) is 3.53. The fraction of sp³-hybridized carbons (Fsp3) is 0.385. The van der Waals surface area contributed by atoms with Crippen LogP contribution in [0.15, 0.2) is 36.8 Å². The summed E-state index contributed by atoms with van der Waals surface area (Å²) in [7, 11) is 0. The van der Waals surface area contributed by atoms with Crippen LogP contribution in [0.25, 0.3) is 0 Å². The number of aromatic nitrogens is 2. The van der Waals surface area contributed by atoms with Gasteiger partial charge in [0.05, 0.1) is 24.4 Å². The number of halogens is 1. The van der Waals surface area contributed by atoms with Crippen LogP contribution in [-0.2, 0) is 6.42 Å². The number of rotatable bonds is 1. The van der Waals surface area contributed by atoms with Crippen LogP contribution < -0.4 is 0 Å². The summed E-state index contributed by atoms with van der Waals surface area (Å²) in [5, 5.41) is 8.76. The third-order valence-electron chi connectivity index (χ3n) is 3.53. The maximum Gasteiger partial charge on any atom is 0.168 e. The molecule has 1 aromatic rings. The van der Waals surface area contributed by atoms with Crippen LogP contribution in [0.4, 0.5) is 4.39 Å². The van der Waals surface area contributed by atoms with Crippen molar-refractivity contribution in [2.24, 2.45) is 5.92 Å². The predicted octanol–water partition coefficient (Wildman–Crippen LogP) is 2.34. The molecule has 1 atom stereocenters. The quantitative estimate of drug-likeness (QED) is 0.693. The fourth-order valence-electron chi connectivity index (χ4n) is 2.59. The lowest BCUT2D eigenvalue weighted by molar-refractivity contribution is 0.198. The van der Waals surface area contributed by atoms with Crippen LogP contribution in [0.2, 0.25) is 0 Å². The Morgan fingerprint density at radius 3 is 2.94 bits per heavy atom. The van der Waals surface area contributed by atoms with Crippen LogP contribution in [0.3, 0.4) is 0 Å². The normalized spacial score (nSPS) is 34.6. The molecule has 0 saturated carbocycles. The van der Waals surface area contributed by atoms with Gasteiger partial charge in [-0.05, 0) is 25.0 Å². The highest BCUT2D eigenvalue weighted by atomic mass is 19.1. The molecule has 0 amide bonds. The Balaban J connectivity index is 1.92. The first-order valence-electron chi connectivity index (χ1n) is 5.71. The monoisotopic (exact) mass is 229 g/mol. The first kappa shape index (κ1) is 10.3. The van der Waals surface area contributed by atoms with Gasteiger partial charge in [0.15, 0.2) is 5.67 Å². The lowest BCUT2D eigenvalue weighted by atomic mass is 9.87. The van der Waals surface area contributed by atoms with Crippen LogP contribution >= 0.6 is 0 Å².